The molecule has 0 N–H and O–H groups in total. The van der Waals surface area contributed by atoms with Gasteiger partial charge in [0, 0.05) is 0 Å². The van der Waals surface area contributed by atoms with Crippen molar-refractivity contribution in [1.82, 2.24) is 0 Å². The van der Waals surface area contributed by atoms with Gasteiger partial charge in [-0.25, -0.2) is 4.79 Å². The van der Waals surface area contributed by atoms with E-state index in [0.29, 0.717) is 18.8 Å². The average Bonchev–Trinajstić information content (AvgIpc) is 2.40. The zero-order valence-electron chi connectivity index (χ0n) is 11.4. The maximum absolute atomic E-state index is 11.8. The normalized spacial score (nSPS) is 11.8. The summed E-state index contributed by atoms with van der Waals surface area (Å²) in [6.45, 7) is 4.13. The van der Waals surface area contributed by atoms with Gasteiger partial charge in [0.05, 0.1) is 18.2 Å². The van der Waals surface area contributed by atoms with E-state index < -0.39 is 6.10 Å². The van der Waals surface area contributed by atoms with Crippen LogP contribution in [0.15, 0.2) is 22.7 Å². The van der Waals surface area contributed by atoms with Crippen molar-refractivity contribution in [2.24, 2.45) is 0 Å². The fourth-order valence-corrected chi connectivity index (χ4v) is 2.03. The van der Waals surface area contributed by atoms with Crippen molar-refractivity contribution in [3.8, 4) is 11.5 Å². The van der Waals surface area contributed by atoms with Crippen molar-refractivity contribution in [2.45, 2.75) is 32.8 Å². The van der Waals surface area contributed by atoms with Crippen LogP contribution < -0.4 is 9.47 Å². The molecule has 1 aromatic carbocycles. The number of halogens is 1. The van der Waals surface area contributed by atoms with Gasteiger partial charge in [-0.2, -0.15) is 0 Å². The Kier molecular flexibility index (Phi) is 6.70. The van der Waals surface area contributed by atoms with Gasteiger partial charge in [-0.1, -0.05) is 13.3 Å². The third kappa shape index (κ3) is 4.74. The Balaban J connectivity index is 2.81. The standard InChI is InChI=1S/C14H19BrO4/c1-4-6-13(14(16)18-5-2)19-12-8-7-10(17-3)9-11(12)15/h7-9,13H,4-6H2,1-3H3. The van der Waals surface area contributed by atoms with Gasteiger partial charge in [-0.05, 0) is 47.5 Å². The number of carbonyl (C=O) groups is 1. The van der Waals surface area contributed by atoms with Gasteiger partial charge in [0.25, 0.3) is 0 Å². The van der Waals surface area contributed by atoms with E-state index in [2.05, 4.69) is 15.9 Å². The third-order valence-electron chi connectivity index (χ3n) is 2.51. The molecule has 106 valence electrons. The van der Waals surface area contributed by atoms with Gasteiger partial charge in [0.1, 0.15) is 11.5 Å². The molecule has 0 aliphatic rings. The average molecular weight is 331 g/mol. The molecule has 1 rings (SSSR count). The second-order valence-electron chi connectivity index (χ2n) is 3.94. The van der Waals surface area contributed by atoms with E-state index in [-0.39, 0.29) is 5.97 Å². The maximum Gasteiger partial charge on any atom is 0.347 e. The number of hydrogen-bond donors (Lipinski definition) is 0. The predicted octanol–water partition coefficient (Wildman–Crippen LogP) is 3.57. The fraction of sp³-hybridized carbons (Fsp3) is 0.500. The minimum absolute atomic E-state index is 0.327. The molecule has 0 saturated heterocycles. The molecule has 0 spiro atoms. The van der Waals surface area contributed by atoms with Crippen LogP contribution in [0.1, 0.15) is 26.7 Å². The summed E-state index contributed by atoms with van der Waals surface area (Å²) in [5.41, 5.74) is 0. The summed E-state index contributed by atoms with van der Waals surface area (Å²) in [4.78, 5) is 11.8. The highest BCUT2D eigenvalue weighted by molar-refractivity contribution is 9.10. The number of benzene rings is 1. The van der Waals surface area contributed by atoms with Crippen LogP contribution in [0.2, 0.25) is 0 Å². The molecule has 0 aliphatic carbocycles. The van der Waals surface area contributed by atoms with Crippen molar-refractivity contribution >= 4 is 21.9 Å². The number of carbonyl (C=O) groups excluding carboxylic acids is 1. The summed E-state index contributed by atoms with van der Waals surface area (Å²) in [5, 5.41) is 0. The van der Waals surface area contributed by atoms with Crippen LogP contribution in [0.5, 0.6) is 11.5 Å². The van der Waals surface area contributed by atoms with Gasteiger partial charge >= 0.3 is 5.97 Å². The van der Waals surface area contributed by atoms with Gasteiger partial charge in [0.2, 0.25) is 0 Å². The summed E-state index contributed by atoms with van der Waals surface area (Å²) < 4.78 is 16.6. The first-order valence-corrected chi connectivity index (χ1v) is 7.08. The summed E-state index contributed by atoms with van der Waals surface area (Å²) in [6, 6.07) is 5.35. The van der Waals surface area contributed by atoms with Crippen LogP contribution in [-0.4, -0.2) is 25.8 Å². The van der Waals surface area contributed by atoms with E-state index in [1.54, 1.807) is 32.2 Å². The highest BCUT2D eigenvalue weighted by atomic mass is 79.9. The van der Waals surface area contributed by atoms with Crippen LogP contribution in [-0.2, 0) is 9.53 Å². The third-order valence-corrected chi connectivity index (χ3v) is 3.13. The van der Waals surface area contributed by atoms with Crippen molar-refractivity contribution in [2.75, 3.05) is 13.7 Å². The Labute approximate surface area is 122 Å². The number of hydrogen-bond acceptors (Lipinski definition) is 4. The van der Waals surface area contributed by atoms with Crippen molar-refractivity contribution < 1.29 is 19.0 Å². The van der Waals surface area contributed by atoms with Gasteiger partial charge < -0.3 is 14.2 Å². The molecule has 0 saturated carbocycles. The Morgan fingerprint density at radius 2 is 2.11 bits per heavy atom. The van der Waals surface area contributed by atoms with Crippen molar-refractivity contribution in [3.05, 3.63) is 22.7 Å². The monoisotopic (exact) mass is 330 g/mol. The first-order valence-electron chi connectivity index (χ1n) is 6.29. The molecule has 5 heteroatoms. The second kappa shape index (κ2) is 8.04. The van der Waals surface area contributed by atoms with E-state index in [1.165, 1.54) is 0 Å². The lowest BCUT2D eigenvalue weighted by Gasteiger charge is -2.18. The second-order valence-corrected chi connectivity index (χ2v) is 4.80. The Bertz CT molecular complexity index is 420. The molecule has 1 atom stereocenters. The summed E-state index contributed by atoms with van der Waals surface area (Å²) in [5.74, 6) is 1.00. The number of ether oxygens (including phenoxy) is 3. The van der Waals surface area contributed by atoms with Crippen LogP contribution >= 0.6 is 15.9 Å². The quantitative estimate of drug-likeness (QED) is 0.717. The molecule has 0 fully saturated rings. The molecule has 0 bridgehead atoms. The largest absolute Gasteiger partial charge is 0.497 e. The molecule has 0 amide bonds. The SMILES string of the molecule is CCCC(Oc1ccc(OC)cc1Br)C(=O)OCC. The Morgan fingerprint density at radius 3 is 2.63 bits per heavy atom. The van der Waals surface area contributed by atoms with Crippen molar-refractivity contribution in [3.63, 3.8) is 0 Å². The number of rotatable bonds is 7. The highest BCUT2D eigenvalue weighted by Crippen LogP contribution is 2.30. The van der Waals surface area contributed by atoms with Crippen LogP contribution in [0, 0.1) is 0 Å². The van der Waals surface area contributed by atoms with Gasteiger partial charge in [-0.3, -0.25) is 0 Å². The van der Waals surface area contributed by atoms with E-state index >= 15 is 0 Å². The minimum Gasteiger partial charge on any atom is -0.497 e. The van der Waals surface area contributed by atoms with Crippen molar-refractivity contribution in [1.29, 1.82) is 0 Å². The zero-order valence-corrected chi connectivity index (χ0v) is 13.0. The van der Waals surface area contributed by atoms with E-state index in [4.69, 9.17) is 14.2 Å². The lowest BCUT2D eigenvalue weighted by Crippen LogP contribution is -2.29. The maximum atomic E-state index is 11.8. The van der Waals surface area contributed by atoms with Crippen LogP contribution in [0.4, 0.5) is 0 Å². The molecule has 0 aliphatic heterocycles. The summed E-state index contributed by atoms with van der Waals surface area (Å²) >= 11 is 3.40. The predicted molar refractivity (Wildman–Crippen MR) is 76.7 cm³/mol. The van der Waals surface area contributed by atoms with Gasteiger partial charge in [0.15, 0.2) is 6.10 Å². The summed E-state index contributed by atoms with van der Waals surface area (Å²) in [7, 11) is 1.60. The molecule has 0 aromatic heterocycles. The highest BCUT2D eigenvalue weighted by Gasteiger charge is 2.21. The Hall–Kier alpha value is -1.23. The number of esters is 1. The Morgan fingerprint density at radius 1 is 1.37 bits per heavy atom. The molecular weight excluding hydrogens is 312 g/mol. The smallest absolute Gasteiger partial charge is 0.347 e. The molecule has 0 radical (unpaired) electrons. The molecule has 0 heterocycles. The molecule has 19 heavy (non-hydrogen) atoms. The van der Waals surface area contributed by atoms with Crippen LogP contribution in [0.25, 0.3) is 0 Å². The van der Waals surface area contributed by atoms with E-state index in [0.717, 1.165) is 16.6 Å². The fourth-order valence-electron chi connectivity index (χ4n) is 1.58. The van der Waals surface area contributed by atoms with E-state index in [1.807, 2.05) is 6.92 Å². The first kappa shape index (κ1) is 15.8. The summed E-state index contributed by atoms with van der Waals surface area (Å²) in [6.07, 6.45) is 0.892. The molecular formula is C14H19BrO4. The molecule has 1 aromatic rings. The number of methoxy groups -OCH3 is 1. The lowest BCUT2D eigenvalue weighted by atomic mass is 10.2. The lowest BCUT2D eigenvalue weighted by molar-refractivity contribution is -0.151. The first-order chi connectivity index (χ1) is 9.12. The molecule has 4 nitrogen and oxygen atoms in total. The van der Waals surface area contributed by atoms with Crippen LogP contribution in [0.3, 0.4) is 0 Å². The zero-order chi connectivity index (χ0) is 14.3. The van der Waals surface area contributed by atoms with Gasteiger partial charge in [-0.15, -0.1) is 0 Å². The topological polar surface area (TPSA) is 44.8 Å². The molecule has 1 unspecified atom stereocenters. The van der Waals surface area contributed by atoms with E-state index in [9.17, 15) is 4.79 Å². The minimum atomic E-state index is -0.574.